The van der Waals surface area contributed by atoms with E-state index in [0.29, 0.717) is 0 Å². The molecule has 0 aliphatic rings. The van der Waals surface area contributed by atoms with Crippen LogP contribution < -0.4 is 5.46 Å². The third kappa shape index (κ3) is 2.67. The molecule has 1 radical (unpaired) electrons. The zero-order valence-electron chi connectivity index (χ0n) is 7.76. The van der Waals surface area contributed by atoms with Gasteiger partial charge in [-0.2, -0.15) is 11.6 Å². The van der Waals surface area contributed by atoms with Crippen molar-refractivity contribution in [1.29, 1.82) is 0 Å². The SMILES string of the molecule is [B](Sc1ccccc1)c1ccccc1. The van der Waals surface area contributed by atoms with Crippen LogP contribution in [0.25, 0.3) is 0 Å². The third-order valence-electron chi connectivity index (χ3n) is 1.87. The van der Waals surface area contributed by atoms with Gasteiger partial charge in [0.15, 0.2) is 0 Å². The lowest BCUT2D eigenvalue weighted by Gasteiger charge is -1.99. The van der Waals surface area contributed by atoms with E-state index < -0.39 is 0 Å². The average molecular weight is 197 g/mol. The van der Waals surface area contributed by atoms with Crippen molar-refractivity contribution in [3.8, 4) is 0 Å². The summed E-state index contributed by atoms with van der Waals surface area (Å²) in [6.45, 7) is 2.16. The molecular formula is C12H10BS. The summed E-state index contributed by atoms with van der Waals surface area (Å²) in [5, 5.41) is 0. The first-order chi connectivity index (χ1) is 6.95. The van der Waals surface area contributed by atoms with E-state index in [-0.39, 0.29) is 0 Å². The first-order valence-electron chi connectivity index (χ1n) is 4.55. The van der Waals surface area contributed by atoms with Gasteiger partial charge in [-0.25, -0.2) is 0 Å². The highest BCUT2D eigenvalue weighted by Gasteiger charge is 1.96. The van der Waals surface area contributed by atoms with Crippen molar-refractivity contribution < 1.29 is 0 Å². The van der Waals surface area contributed by atoms with Crippen LogP contribution >= 0.6 is 11.6 Å². The molecule has 0 amide bonds. The second-order valence-electron chi connectivity index (χ2n) is 2.96. The number of benzene rings is 2. The quantitative estimate of drug-likeness (QED) is 0.681. The molecule has 2 aromatic rings. The Hall–Kier alpha value is -1.15. The van der Waals surface area contributed by atoms with Crippen molar-refractivity contribution in [1.82, 2.24) is 0 Å². The Labute approximate surface area is 89.5 Å². The summed E-state index contributed by atoms with van der Waals surface area (Å²) < 4.78 is 0. The van der Waals surface area contributed by atoms with E-state index in [2.05, 4.69) is 55.1 Å². The Kier molecular flexibility index (Phi) is 3.31. The summed E-state index contributed by atoms with van der Waals surface area (Å²) in [5.74, 6) is 0. The highest BCUT2D eigenvalue weighted by molar-refractivity contribution is 8.23. The second kappa shape index (κ2) is 4.92. The van der Waals surface area contributed by atoms with Gasteiger partial charge in [0.25, 0.3) is 0 Å². The van der Waals surface area contributed by atoms with Crippen molar-refractivity contribution in [3.63, 3.8) is 0 Å². The van der Waals surface area contributed by atoms with Gasteiger partial charge in [0.1, 0.15) is 0 Å². The van der Waals surface area contributed by atoms with E-state index in [1.54, 1.807) is 11.6 Å². The molecule has 0 saturated carbocycles. The molecule has 0 fully saturated rings. The lowest BCUT2D eigenvalue weighted by molar-refractivity contribution is 1.48. The van der Waals surface area contributed by atoms with Gasteiger partial charge >= 0.3 is 0 Å². The van der Waals surface area contributed by atoms with Crippen LogP contribution in [0.4, 0.5) is 0 Å². The predicted molar refractivity (Wildman–Crippen MR) is 64.1 cm³/mol. The molecule has 0 bridgehead atoms. The van der Waals surface area contributed by atoms with Gasteiger partial charge < -0.3 is 0 Å². The highest BCUT2D eigenvalue weighted by atomic mass is 32.2. The fraction of sp³-hybridized carbons (Fsp3) is 0. The Morgan fingerprint density at radius 1 is 0.714 bits per heavy atom. The molecule has 0 unspecified atom stereocenters. The molecule has 2 rings (SSSR count). The van der Waals surface area contributed by atoms with E-state index >= 15 is 0 Å². The highest BCUT2D eigenvalue weighted by Crippen LogP contribution is 2.14. The topological polar surface area (TPSA) is 0 Å². The number of hydrogen-bond acceptors (Lipinski definition) is 1. The monoisotopic (exact) mass is 197 g/mol. The van der Waals surface area contributed by atoms with Gasteiger partial charge in [0.05, 0.1) is 0 Å². The minimum absolute atomic E-state index is 1.25. The maximum atomic E-state index is 2.16. The minimum atomic E-state index is 1.25. The molecule has 0 atom stereocenters. The lowest BCUT2D eigenvalue weighted by atomic mass is 9.95. The summed E-state index contributed by atoms with van der Waals surface area (Å²) in [6.07, 6.45) is 0. The van der Waals surface area contributed by atoms with Crippen LogP contribution in [0, 0.1) is 0 Å². The minimum Gasteiger partial charge on any atom is -0.177 e. The van der Waals surface area contributed by atoms with Crippen LogP contribution in [0.3, 0.4) is 0 Å². The van der Waals surface area contributed by atoms with E-state index in [1.165, 1.54) is 10.4 Å². The summed E-state index contributed by atoms with van der Waals surface area (Å²) in [7, 11) is 0. The fourth-order valence-corrected chi connectivity index (χ4v) is 1.91. The molecule has 2 aromatic carbocycles. The predicted octanol–water partition coefficient (Wildman–Crippen LogP) is 2.72. The molecule has 0 N–H and O–H groups in total. The molecule has 2 heteroatoms. The van der Waals surface area contributed by atoms with Crippen LogP contribution in [0.1, 0.15) is 0 Å². The van der Waals surface area contributed by atoms with Gasteiger partial charge in [-0.1, -0.05) is 54.0 Å². The normalized spacial score (nSPS) is 9.71. The Morgan fingerprint density at radius 3 is 1.93 bits per heavy atom. The summed E-state index contributed by atoms with van der Waals surface area (Å²) in [5.41, 5.74) is 1.25. The Bertz CT molecular complexity index is 333. The summed E-state index contributed by atoms with van der Waals surface area (Å²) in [4.78, 5) is 1.27. The second-order valence-corrected chi connectivity index (χ2v) is 3.90. The van der Waals surface area contributed by atoms with Crippen molar-refractivity contribution in [2.24, 2.45) is 0 Å². The molecule has 0 aromatic heterocycles. The molecule has 14 heavy (non-hydrogen) atoms. The Morgan fingerprint density at radius 2 is 1.29 bits per heavy atom. The van der Waals surface area contributed by atoms with Crippen LogP contribution in [-0.4, -0.2) is 6.56 Å². The van der Waals surface area contributed by atoms with E-state index in [4.69, 9.17) is 0 Å². The lowest BCUT2D eigenvalue weighted by Crippen LogP contribution is -2.08. The Balaban J connectivity index is 1.96. The van der Waals surface area contributed by atoms with Crippen molar-refractivity contribution >= 4 is 23.6 Å². The van der Waals surface area contributed by atoms with Gasteiger partial charge in [-0.3, -0.25) is 0 Å². The molecule has 0 heterocycles. The van der Waals surface area contributed by atoms with Crippen molar-refractivity contribution in [2.75, 3.05) is 0 Å². The van der Waals surface area contributed by atoms with Gasteiger partial charge in [0.2, 0.25) is 6.56 Å². The van der Waals surface area contributed by atoms with Gasteiger partial charge in [0, 0.05) is 0 Å². The molecule has 0 nitrogen and oxygen atoms in total. The third-order valence-corrected chi connectivity index (χ3v) is 2.81. The maximum absolute atomic E-state index is 2.16. The van der Waals surface area contributed by atoms with Crippen LogP contribution in [0.5, 0.6) is 0 Å². The standard InChI is InChI=1S/C12H10BS/c1-3-7-11(8-4-1)13-14-12-9-5-2-6-10-12/h1-10H. The largest absolute Gasteiger partial charge is 0.236 e. The molecule has 0 spiro atoms. The van der Waals surface area contributed by atoms with Crippen LogP contribution in [0.2, 0.25) is 0 Å². The zero-order chi connectivity index (χ0) is 9.64. The van der Waals surface area contributed by atoms with Crippen LogP contribution in [-0.2, 0) is 0 Å². The zero-order valence-corrected chi connectivity index (χ0v) is 8.58. The molecule has 0 aliphatic heterocycles. The van der Waals surface area contributed by atoms with Crippen molar-refractivity contribution in [2.45, 2.75) is 4.90 Å². The molecule has 0 saturated heterocycles. The fourth-order valence-electron chi connectivity index (χ4n) is 1.17. The smallest absolute Gasteiger partial charge is 0.177 e. The van der Waals surface area contributed by atoms with E-state index in [1.807, 2.05) is 12.1 Å². The van der Waals surface area contributed by atoms with Crippen LogP contribution in [0.15, 0.2) is 65.6 Å². The van der Waals surface area contributed by atoms with Gasteiger partial charge in [-0.15, -0.1) is 0 Å². The van der Waals surface area contributed by atoms with Gasteiger partial charge in [-0.05, 0) is 17.0 Å². The summed E-state index contributed by atoms with van der Waals surface area (Å²) in [6, 6.07) is 20.7. The molecule has 67 valence electrons. The first kappa shape index (κ1) is 9.41. The average Bonchev–Trinajstić information content (AvgIpc) is 2.29. The number of rotatable bonds is 3. The van der Waals surface area contributed by atoms with Crippen molar-refractivity contribution in [3.05, 3.63) is 60.7 Å². The molecule has 0 aliphatic carbocycles. The maximum Gasteiger partial charge on any atom is 0.236 e. The first-order valence-corrected chi connectivity index (χ1v) is 5.43. The van der Waals surface area contributed by atoms with E-state index in [0.717, 1.165) is 0 Å². The summed E-state index contributed by atoms with van der Waals surface area (Å²) >= 11 is 1.75. The van der Waals surface area contributed by atoms with E-state index in [9.17, 15) is 0 Å². The number of hydrogen-bond donors (Lipinski definition) is 0. The molecular weight excluding hydrogens is 187 g/mol.